The van der Waals surface area contributed by atoms with Gasteiger partial charge in [0.15, 0.2) is 5.65 Å². The molecular weight excluding hydrogens is 374 g/mol. The zero-order chi connectivity index (χ0) is 20.9. The number of para-hydroxylation sites is 3. The van der Waals surface area contributed by atoms with Crippen LogP contribution in [0.25, 0.3) is 27.9 Å². The first-order chi connectivity index (χ1) is 14.7. The van der Waals surface area contributed by atoms with Crippen molar-refractivity contribution >= 4 is 33.9 Å². The standard InChI is InChI=1S/C24H27N5O/c1-2-3-4-5-11-16-26-24(30)20-21-23(28-19-15-10-9-14-18(19)27-21)29(22(20)25)17-12-7-6-8-13-17/h6-10,12-15H,2-5,11,16,25H2,1H3,(H,26,30). The molecule has 4 aromatic rings. The molecule has 0 aliphatic rings. The van der Waals surface area contributed by atoms with Crippen LogP contribution in [0.2, 0.25) is 0 Å². The molecule has 2 heterocycles. The number of nitrogens with two attached hydrogens (primary N) is 1. The van der Waals surface area contributed by atoms with E-state index >= 15 is 0 Å². The molecule has 4 rings (SSSR count). The first kappa shape index (κ1) is 19.9. The first-order valence-corrected chi connectivity index (χ1v) is 10.6. The van der Waals surface area contributed by atoms with E-state index in [1.54, 1.807) is 0 Å². The molecule has 0 atom stereocenters. The lowest BCUT2D eigenvalue weighted by Gasteiger charge is -2.08. The molecule has 0 fully saturated rings. The summed E-state index contributed by atoms with van der Waals surface area (Å²) < 4.78 is 1.81. The highest BCUT2D eigenvalue weighted by atomic mass is 16.1. The second-order valence-electron chi connectivity index (χ2n) is 7.49. The third kappa shape index (κ3) is 3.85. The molecule has 0 spiro atoms. The molecule has 1 amide bonds. The van der Waals surface area contributed by atoms with Gasteiger partial charge in [-0.3, -0.25) is 9.36 Å². The first-order valence-electron chi connectivity index (χ1n) is 10.6. The van der Waals surface area contributed by atoms with Crippen molar-refractivity contribution in [2.75, 3.05) is 12.3 Å². The number of carbonyl (C=O) groups excluding carboxylic acids is 1. The number of unbranched alkanes of at least 4 members (excludes halogenated alkanes) is 4. The number of rotatable bonds is 8. The maximum absolute atomic E-state index is 13.1. The van der Waals surface area contributed by atoms with Crippen LogP contribution >= 0.6 is 0 Å². The molecule has 2 aromatic heterocycles. The van der Waals surface area contributed by atoms with E-state index < -0.39 is 0 Å². The molecule has 6 nitrogen and oxygen atoms in total. The van der Waals surface area contributed by atoms with Crippen molar-refractivity contribution in [1.82, 2.24) is 19.9 Å². The van der Waals surface area contributed by atoms with E-state index in [1.165, 1.54) is 19.3 Å². The monoisotopic (exact) mass is 401 g/mol. The molecule has 3 N–H and O–H groups in total. The molecule has 0 saturated carbocycles. The van der Waals surface area contributed by atoms with Crippen LogP contribution < -0.4 is 11.1 Å². The Hall–Kier alpha value is -3.41. The average Bonchev–Trinajstić information content (AvgIpc) is 3.05. The van der Waals surface area contributed by atoms with Gasteiger partial charge in [0.05, 0.1) is 11.0 Å². The quantitative estimate of drug-likeness (QED) is 0.413. The van der Waals surface area contributed by atoms with Gasteiger partial charge in [0.2, 0.25) is 0 Å². The van der Waals surface area contributed by atoms with Crippen LogP contribution in [0.5, 0.6) is 0 Å². The summed E-state index contributed by atoms with van der Waals surface area (Å²) in [5, 5.41) is 3.02. The van der Waals surface area contributed by atoms with E-state index in [9.17, 15) is 4.79 Å². The summed E-state index contributed by atoms with van der Waals surface area (Å²) in [6, 6.07) is 17.4. The fraction of sp³-hybridized carbons (Fsp3) is 0.292. The third-order valence-corrected chi connectivity index (χ3v) is 5.31. The smallest absolute Gasteiger partial charge is 0.257 e. The Bertz CT molecular complexity index is 1170. The second-order valence-corrected chi connectivity index (χ2v) is 7.49. The van der Waals surface area contributed by atoms with E-state index in [0.29, 0.717) is 29.1 Å². The summed E-state index contributed by atoms with van der Waals surface area (Å²) in [6.07, 6.45) is 5.69. The summed E-state index contributed by atoms with van der Waals surface area (Å²) in [5.74, 6) is 0.155. The van der Waals surface area contributed by atoms with Crippen molar-refractivity contribution < 1.29 is 4.79 Å². The molecule has 2 aromatic carbocycles. The number of benzene rings is 2. The van der Waals surface area contributed by atoms with Gasteiger partial charge >= 0.3 is 0 Å². The predicted octanol–water partition coefficient (Wildman–Crippen LogP) is 4.86. The van der Waals surface area contributed by atoms with Gasteiger partial charge in [0.25, 0.3) is 5.91 Å². The van der Waals surface area contributed by atoms with Gasteiger partial charge in [-0.05, 0) is 30.7 Å². The van der Waals surface area contributed by atoms with Gasteiger partial charge < -0.3 is 11.1 Å². The number of hydrogen-bond acceptors (Lipinski definition) is 4. The Morgan fingerprint density at radius 1 is 0.933 bits per heavy atom. The lowest BCUT2D eigenvalue weighted by molar-refractivity contribution is 0.0955. The van der Waals surface area contributed by atoms with Crippen molar-refractivity contribution in [1.29, 1.82) is 0 Å². The van der Waals surface area contributed by atoms with Crippen LogP contribution in [0.15, 0.2) is 54.6 Å². The van der Waals surface area contributed by atoms with Crippen molar-refractivity contribution in [3.05, 3.63) is 60.2 Å². The minimum Gasteiger partial charge on any atom is -0.384 e. The highest BCUT2D eigenvalue weighted by Crippen LogP contribution is 2.30. The van der Waals surface area contributed by atoms with Crippen molar-refractivity contribution in [3.8, 4) is 5.69 Å². The van der Waals surface area contributed by atoms with E-state index in [2.05, 4.69) is 12.2 Å². The largest absolute Gasteiger partial charge is 0.384 e. The molecule has 0 saturated heterocycles. The van der Waals surface area contributed by atoms with Gasteiger partial charge in [0, 0.05) is 12.2 Å². The summed E-state index contributed by atoms with van der Waals surface area (Å²) in [4.78, 5) is 22.6. The average molecular weight is 402 g/mol. The second kappa shape index (κ2) is 8.95. The summed E-state index contributed by atoms with van der Waals surface area (Å²) >= 11 is 0. The number of amides is 1. The fourth-order valence-corrected chi connectivity index (χ4v) is 3.74. The van der Waals surface area contributed by atoms with E-state index in [1.807, 2.05) is 59.2 Å². The van der Waals surface area contributed by atoms with Gasteiger partial charge in [0.1, 0.15) is 16.9 Å². The molecule has 154 valence electrons. The molecule has 30 heavy (non-hydrogen) atoms. The number of fused-ring (bicyclic) bond motifs is 2. The topological polar surface area (TPSA) is 85.8 Å². The minimum absolute atomic E-state index is 0.202. The number of nitrogen functional groups attached to an aromatic ring is 1. The van der Waals surface area contributed by atoms with Crippen LogP contribution in [0.1, 0.15) is 49.4 Å². The number of hydrogen-bond donors (Lipinski definition) is 2. The normalized spacial score (nSPS) is 11.2. The summed E-state index contributed by atoms with van der Waals surface area (Å²) in [7, 11) is 0. The number of nitrogens with one attached hydrogen (secondary N) is 1. The van der Waals surface area contributed by atoms with Crippen LogP contribution in [0.4, 0.5) is 5.82 Å². The SMILES string of the molecule is CCCCCCCNC(=O)c1c(N)n(-c2ccccc2)c2nc3ccccc3nc12. The molecule has 0 unspecified atom stereocenters. The molecule has 0 bridgehead atoms. The number of nitrogens with zero attached hydrogens (tertiary/aromatic N) is 3. The van der Waals surface area contributed by atoms with Crippen LogP contribution in [0.3, 0.4) is 0 Å². The molecule has 0 aliphatic heterocycles. The maximum Gasteiger partial charge on any atom is 0.257 e. The summed E-state index contributed by atoms with van der Waals surface area (Å²) in [5.41, 5.74) is 10.4. The number of aromatic nitrogens is 3. The Balaban J connectivity index is 1.74. The number of carbonyl (C=O) groups is 1. The molecule has 0 aliphatic carbocycles. The van der Waals surface area contributed by atoms with Crippen LogP contribution in [-0.2, 0) is 0 Å². The minimum atomic E-state index is -0.202. The lowest BCUT2D eigenvalue weighted by atomic mass is 10.1. The third-order valence-electron chi connectivity index (χ3n) is 5.31. The van der Waals surface area contributed by atoms with E-state index in [-0.39, 0.29) is 5.91 Å². The summed E-state index contributed by atoms with van der Waals surface area (Å²) in [6.45, 7) is 2.82. The zero-order valence-corrected chi connectivity index (χ0v) is 17.3. The molecule has 0 radical (unpaired) electrons. The molecule has 6 heteroatoms. The van der Waals surface area contributed by atoms with Crippen molar-refractivity contribution in [3.63, 3.8) is 0 Å². The van der Waals surface area contributed by atoms with Gasteiger partial charge in [-0.1, -0.05) is 62.9 Å². The van der Waals surface area contributed by atoms with Gasteiger partial charge in [-0.2, -0.15) is 0 Å². The van der Waals surface area contributed by atoms with Gasteiger partial charge in [-0.15, -0.1) is 0 Å². The van der Waals surface area contributed by atoms with Crippen molar-refractivity contribution in [2.24, 2.45) is 0 Å². The highest BCUT2D eigenvalue weighted by Gasteiger charge is 2.24. The lowest BCUT2D eigenvalue weighted by Crippen LogP contribution is -2.25. The Labute approximate surface area is 176 Å². The Morgan fingerprint density at radius 3 is 2.33 bits per heavy atom. The maximum atomic E-state index is 13.1. The Kier molecular flexibility index (Phi) is 5.93. The Morgan fingerprint density at radius 2 is 1.60 bits per heavy atom. The zero-order valence-electron chi connectivity index (χ0n) is 17.3. The highest BCUT2D eigenvalue weighted by molar-refractivity contribution is 6.11. The van der Waals surface area contributed by atoms with E-state index in [4.69, 9.17) is 15.7 Å². The van der Waals surface area contributed by atoms with Crippen LogP contribution in [0, 0.1) is 0 Å². The number of anilines is 1. The predicted molar refractivity (Wildman–Crippen MR) is 122 cm³/mol. The van der Waals surface area contributed by atoms with E-state index in [0.717, 1.165) is 29.6 Å². The van der Waals surface area contributed by atoms with Crippen molar-refractivity contribution in [2.45, 2.75) is 39.0 Å². The molecular formula is C24H27N5O. The van der Waals surface area contributed by atoms with Crippen LogP contribution in [-0.4, -0.2) is 27.0 Å². The fourth-order valence-electron chi connectivity index (χ4n) is 3.74. The van der Waals surface area contributed by atoms with Gasteiger partial charge in [-0.25, -0.2) is 9.97 Å².